The second kappa shape index (κ2) is 5.58. The van der Waals surface area contributed by atoms with Gasteiger partial charge in [-0.2, -0.15) is 0 Å². The summed E-state index contributed by atoms with van der Waals surface area (Å²) in [7, 11) is 0. The van der Waals surface area contributed by atoms with Gasteiger partial charge in [0.05, 0.1) is 18.3 Å². The van der Waals surface area contributed by atoms with Gasteiger partial charge in [0, 0.05) is 25.3 Å². The number of rotatable bonds is 3. The summed E-state index contributed by atoms with van der Waals surface area (Å²) in [6.45, 7) is 7.08. The molecule has 0 fully saturated rings. The van der Waals surface area contributed by atoms with E-state index >= 15 is 0 Å². The van der Waals surface area contributed by atoms with Crippen molar-refractivity contribution in [3.8, 4) is 0 Å². The third-order valence-corrected chi connectivity index (χ3v) is 4.21. The van der Waals surface area contributed by atoms with Gasteiger partial charge in [0.1, 0.15) is 11.6 Å². The number of halogens is 1. The van der Waals surface area contributed by atoms with Crippen LogP contribution in [0.4, 0.5) is 4.39 Å². The Kier molecular flexibility index (Phi) is 3.78. The molecule has 3 rings (SSSR count). The monoisotopic (exact) mass is 289 g/mol. The van der Waals surface area contributed by atoms with E-state index in [1.807, 2.05) is 6.92 Å². The fraction of sp³-hybridized carbons (Fsp3) is 0.438. The van der Waals surface area contributed by atoms with Crippen LogP contribution < -0.4 is 0 Å². The summed E-state index contributed by atoms with van der Waals surface area (Å²) in [4.78, 5) is 6.74. The molecule has 1 aliphatic rings. The predicted molar refractivity (Wildman–Crippen MR) is 78.3 cm³/mol. The smallest absolute Gasteiger partial charge is 0.123 e. The SMILES string of the molecule is Cc1nc2n(c1C)CCN(C[C@H](O)c1cccc(F)c1)C2. The number of imidazole rings is 1. The van der Waals surface area contributed by atoms with Crippen molar-refractivity contribution < 1.29 is 9.50 Å². The Bertz CT molecular complexity index is 653. The highest BCUT2D eigenvalue weighted by Crippen LogP contribution is 2.20. The van der Waals surface area contributed by atoms with Gasteiger partial charge in [-0.15, -0.1) is 0 Å². The molecule has 0 bridgehead atoms. The zero-order chi connectivity index (χ0) is 15.0. The van der Waals surface area contributed by atoms with Crippen LogP contribution in [-0.4, -0.2) is 32.6 Å². The van der Waals surface area contributed by atoms with Crippen molar-refractivity contribution in [2.24, 2.45) is 0 Å². The number of nitrogens with zero attached hydrogens (tertiary/aromatic N) is 3. The normalized spacial score (nSPS) is 16.8. The van der Waals surface area contributed by atoms with Gasteiger partial charge in [-0.05, 0) is 31.5 Å². The largest absolute Gasteiger partial charge is 0.387 e. The van der Waals surface area contributed by atoms with Gasteiger partial charge >= 0.3 is 0 Å². The van der Waals surface area contributed by atoms with E-state index in [1.54, 1.807) is 12.1 Å². The van der Waals surface area contributed by atoms with Gasteiger partial charge in [-0.1, -0.05) is 12.1 Å². The van der Waals surface area contributed by atoms with E-state index in [0.29, 0.717) is 12.1 Å². The standard InChI is InChI=1S/C16H20FN3O/c1-11-12(2)20-7-6-19(10-16(20)18-11)9-15(21)13-4-3-5-14(17)8-13/h3-5,8,15,21H,6-7,9-10H2,1-2H3/t15-/m0/s1. The maximum absolute atomic E-state index is 13.2. The van der Waals surface area contributed by atoms with Gasteiger partial charge in [0.25, 0.3) is 0 Å². The van der Waals surface area contributed by atoms with Crippen LogP contribution in [0.2, 0.25) is 0 Å². The van der Waals surface area contributed by atoms with Crippen LogP contribution in [0.15, 0.2) is 24.3 Å². The van der Waals surface area contributed by atoms with E-state index in [1.165, 1.54) is 17.8 Å². The second-order valence-electron chi connectivity index (χ2n) is 5.66. The molecular weight excluding hydrogens is 269 g/mol. The molecule has 5 heteroatoms. The minimum Gasteiger partial charge on any atom is -0.387 e. The minimum atomic E-state index is -0.676. The van der Waals surface area contributed by atoms with Gasteiger partial charge in [-0.25, -0.2) is 9.37 Å². The molecule has 0 aliphatic carbocycles. The summed E-state index contributed by atoms with van der Waals surface area (Å²) >= 11 is 0. The van der Waals surface area contributed by atoms with Crippen LogP contribution >= 0.6 is 0 Å². The van der Waals surface area contributed by atoms with Crippen molar-refractivity contribution in [2.75, 3.05) is 13.1 Å². The van der Waals surface area contributed by atoms with E-state index in [2.05, 4.69) is 21.4 Å². The van der Waals surface area contributed by atoms with E-state index in [9.17, 15) is 9.50 Å². The maximum Gasteiger partial charge on any atom is 0.123 e. The second-order valence-corrected chi connectivity index (χ2v) is 5.66. The van der Waals surface area contributed by atoms with Crippen LogP contribution in [-0.2, 0) is 13.1 Å². The Hall–Kier alpha value is -1.72. The van der Waals surface area contributed by atoms with Gasteiger partial charge in [0.2, 0.25) is 0 Å². The Morgan fingerprint density at radius 1 is 1.33 bits per heavy atom. The molecule has 1 atom stereocenters. The molecule has 1 aliphatic heterocycles. The third kappa shape index (κ3) is 2.84. The number of aryl methyl sites for hydroxylation is 1. The first kappa shape index (κ1) is 14.2. The van der Waals surface area contributed by atoms with Gasteiger partial charge in [-0.3, -0.25) is 4.90 Å². The number of aliphatic hydroxyl groups excluding tert-OH is 1. The quantitative estimate of drug-likeness (QED) is 0.941. The number of fused-ring (bicyclic) bond motifs is 1. The van der Waals surface area contributed by atoms with Gasteiger partial charge in [0.15, 0.2) is 0 Å². The van der Waals surface area contributed by atoms with Crippen molar-refractivity contribution >= 4 is 0 Å². The summed E-state index contributed by atoms with van der Waals surface area (Å²) in [6.07, 6.45) is -0.676. The van der Waals surface area contributed by atoms with Crippen molar-refractivity contribution in [3.63, 3.8) is 0 Å². The first-order valence-electron chi connectivity index (χ1n) is 7.23. The lowest BCUT2D eigenvalue weighted by molar-refractivity contribution is 0.0958. The van der Waals surface area contributed by atoms with E-state index in [-0.39, 0.29) is 5.82 Å². The summed E-state index contributed by atoms with van der Waals surface area (Å²) in [5.74, 6) is 0.731. The zero-order valence-electron chi connectivity index (χ0n) is 12.4. The predicted octanol–water partition coefficient (Wildman–Crippen LogP) is 2.19. The number of aliphatic hydroxyl groups is 1. The van der Waals surface area contributed by atoms with Crippen molar-refractivity contribution in [3.05, 3.63) is 52.9 Å². The zero-order valence-corrected chi connectivity index (χ0v) is 12.4. The number of benzene rings is 1. The molecule has 2 heterocycles. The molecule has 21 heavy (non-hydrogen) atoms. The van der Waals surface area contributed by atoms with E-state index in [0.717, 1.165) is 31.2 Å². The lowest BCUT2D eigenvalue weighted by Crippen LogP contribution is -2.36. The molecule has 0 unspecified atom stereocenters. The summed E-state index contributed by atoms with van der Waals surface area (Å²) < 4.78 is 15.4. The molecular formula is C16H20FN3O. The van der Waals surface area contributed by atoms with Gasteiger partial charge < -0.3 is 9.67 Å². The average molecular weight is 289 g/mol. The topological polar surface area (TPSA) is 41.3 Å². The molecule has 4 nitrogen and oxygen atoms in total. The first-order chi connectivity index (χ1) is 10.0. The molecule has 1 aromatic carbocycles. The highest BCUT2D eigenvalue weighted by atomic mass is 19.1. The Labute approximate surface area is 123 Å². The minimum absolute atomic E-state index is 0.313. The average Bonchev–Trinajstić information content (AvgIpc) is 2.73. The Balaban J connectivity index is 1.69. The lowest BCUT2D eigenvalue weighted by atomic mass is 10.1. The molecule has 0 saturated heterocycles. The van der Waals surface area contributed by atoms with Crippen LogP contribution in [0.25, 0.3) is 0 Å². The highest BCUT2D eigenvalue weighted by molar-refractivity contribution is 5.19. The molecule has 0 spiro atoms. The fourth-order valence-corrected chi connectivity index (χ4v) is 2.88. The molecule has 1 aromatic heterocycles. The Morgan fingerprint density at radius 3 is 2.90 bits per heavy atom. The number of β-amino-alcohol motifs (C(OH)–C–C–N with tert-alkyl or cyclic N) is 1. The summed E-state index contributed by atoms with van der Waals surface area (Å²) in [5.41, 5.74) is 2.91. The van der Waals surface area contributed by atoms with E-state index < -0.39 is 6.10 Å². The number of hydrogen-bond donors (Lipinski definition) is 1. The van der Waals surface area contributed by atoms with E-state index in [4.69, 9.17) is 0 Å². The van der Waals surface area contributed by atoms with Crippen LogP contribution in [0, 0.1) is 19.7 Å². The molecule has 112 valence electrons. The fourth-order valence-electron chi connectivity index (χ4n) is 2.88. The summed E-state index contributed by atoms with van der Waals surface area (Å²) in [6, 6.07) is 6.17. The molecule has 1 N–H and O–H groups in total. The van der Waals surface area contributed by atoms with Crippen molar-refractivity contribution in [1.29, 1.82) is 0 Å². The molecule has 0 amide bonds. The lowest BCUT2D eigenvalue weighted by Gasteiger charge is -2.29. The number of hydrogen-bond acceptors (Lipinski definition) is 3. The van der Waals surface area contributed by atoms with Crippen LogP contribution in [0.1, 0.15) is 28.9 Å². The highest BCUT2D eigenvalue weighted by Gasteiger charge is 2.22. The first-order valence-corrected chi connectivity index (χ1v) is 7.23. The van der Waals surface area contributed by atoms with Crippen LogP contribution in [0.5, 0.6) is 0 Å². The van der Waals surface area contributed by atoms with Crippen molar-refractivity contribution in [2.45, 2.75) is 33.0 Å². The third-order valence-electron chi connectivity index (χ3n) is 4.21. The molecule has 0 saturated carbocycles. The molecule has 0 radical (unpaired) electrons. The van der Waals surface area contributed by atoms with Crippen molar-refractivity contribution in [1.82, 2.24) is 14.5 Å². The number of aromatic nitrogens is 2. The maximum atomic E-state index is 13.2. The molecule has 2 aromatic rings. The van der Waals surface area contributed by atoms with Crippen LogP contribution in [0.3, 0.4) is 0 Å². The Morgan fingerprint density at radius 2 is 2.14 bits per heavy atom. The summed E-state index contributed by atoms with van der Waals surface area (Å²) in [5, 5.41) is 10.3.